The predicted octanol–water partition coefficient (Wildman–Crippen LogP) is 11.0. The van der Waals surface area contributed by atoms with E-state index in [2.05, 4.69) is 12.1 Å². The van der Waals surface area contributed by atoms with Crippen LogP contribution in [0.4, 0.5) is 13.2 Å². The van der Waals surface area contributed by atoms with E-state index in [1.54, 1.807) is 10.6 Å². The number of benzene rings is 6. The second-order valence-corrected chi connectivity index (χ2v) is 12.6. The van der Waals surface area contributed by atoms with E-state index in [9.17, 15) is 0 Å². The Hall–Kier alpha value is -6.28. The van der Waals surface area contributed by atoms with Gasteiger partial charge in [-0.1, -0.05) is 90.0 Å². The van der Waals surface area contributed by atoms with Crippen molar-refractivity contribution in [3.63, 3.8) is 0 Å². The number of aromatic nitrogens is 5. The van der Waals surface area contributed by atoms with Gasteiger partial charge in [0, 0.05) is 32.7 Å². The number of aryl methyl sites for hydroxylation is 2. The third-order valence-electron chi connectivity index (χ3n) is 9.31. The highest BCUT2D eigenvalue weighted by Gasteiger charge is 2.35. The minimum Gasteiger partial charge on any atom is -0.309 e. The molecule has 0 fully saturated rings. The Balaban J connectivity index is 1.31. The fourth-order valence-electron chi connectivity index (χ4n) is 7.06. The molecule has 0 spiro atoms. The summed E-state index contributed by atoms with van der Waals surface area (Å²) in [6.45, 7) is 4.10. The lowest BCUT2D eigenvalue weighted by molar-refractivity contribution is -0.137. The molecule has 3 aromatic heterocycles. The van der Waals surface area contributed by atoms with Crippen LogP contribution in [0.25, 0.3) is 78.0 Å². The maximum absolute atomic E-state index is 15.1. The highest BCUT2D eigenvalue weighted by atomic mass is 19.4. The van der Waals surface area contributed by atoms with Crippen molar-refractivity contribution < 1.29 is 13.2 Å². The standard InChI is InChI=1S/C42H28F3N5/c1-25-16-19-36-31(22-25)32-23-26(2)17-20-37(32)50(36)41-47-39(27-10-4-3-5-11-27)46-40(48-41)28-18-21-38(33(24-28)42(43,44)45)49-34-14-8-6-12-29(34)30-13-7-9-15-35(30)49/h3-24H,1-2H3. The number of hydrogen-bond acceptors (Lipinski definition) is 3. The molecule has 5 nitrogen and oxygen atoms in total. The van der Waals surface area contributed by atoms with E-state index in [4.69, 9.17) is 15.0 Å². The zero-order valence-corrected chi connectivity index (χ0v) is 27.1. The first-order valence-corrected chi connectivity index (χ1v) is 16.3. The summed E-state index contributed by atoms with van der Waals surface area (Å²) in [5.41, 5.74) is 5.60. The number of hydrogen-bond donors (Lipinski definition) is 0. The van der Waals surface area contributed by atoms with Crippen LogP contribution in [-0.2, 0) is 6.18 Å². The van der Waals surface area contributed by atoms with Crippen molar-refractivity contribution in [1.82, 2.24) is 24.1 Å². The molecule has 0 aliphatic carbocycles. The molecule has 0 unspecified atom stereocenters. The number of alkyl halides is 3. The monoisotopic (exact) mass is 659 g/mol. The third kappa shape index (κ3) is 4.75. The molecule has 50 heavy (non-hydrogen) atoms. The summed E-state index contributed by atoms with van der Waals surface area (Å²) >= 11 is 0. The second kappa shape index (κ2) is 11.1. The largest absolute Gasteiger partial charge is 0.418 e. The number of nitrogens with zero attached hydrogens (tertiary/aromatic N) is 5. The molecule has 9 rings (SSSR count). The van der Waals surface area contributed by atoms with E-state index >= 15 is 13.2 Å². The van der Waals surface area contributed by atoms with Crippen molar-refractivity contribution in [2.45, 2.75) is 20.0 Å². The van der Waals surface area contributed by atoms with Gasteiger partial charge in [-0.25, -0.2) is 4.98 Å². The summed E-state index contributed by atoms with van der Waals surface area (Å²) in [7, 11) is 0. The molecule has 9 aromatic rings. The quantitative estimate of drug-likeness (QED) is 0.189. The fourth-order valence-corrected chi connectivity index (χ4v) is 7.06. The maximum atomic E-state index is 15.1. The average Bonchev–Trinajstić information content (AvgIpc) is 3.63. The van der Waals surface area contributed by atoms with Crippen molar-refractivity contribution in [2.75, 3.05) is 0 Å². The van der Waals surface area contributed by atoms with E-state index in [1.807, 2.05) is 122 Å². The molecular formula is C42H28F3N5. The summed E-state index contributed by atoms with van der Waals surface area (Å²) in [5, 5.41) is 3.85. The van der Waals surface area contributed by atoms with Gasteiger partial charge < -0.3 is 4.57 Å². The highest BCUT2D eigenvalue weighted by Crippen LogP contribution is 2.41. The normalized spacial score (nSPS) is 12.1. The molecule has 0 radical (unpaired) electrons. The molecule has 0 atom stereocenters. The lowest BCUT2D eigenvalue weighted by atomic mass is 10.1. The van der Waals surface area contributed by atoms with Gasteiger partial charge in [-0.3, -0.25) is 4.57 Å². The van der Waals surface area contributed by atoms with Crippen molar-refractivity contribution in [3.8, 4) is 34.4 Å². The van der Waals surface area contributed by atoms with Crippen LogP contribution >= 0.6 is 0 Å². The van der Waals surface area contributed by atoms with Gasteiger partial charge in [-0.05, 0) is 68.4 Å². The van der Waals surface area contributed by atoms with E-state index in [0.29, 0.717) is 22.8 Å². The van der Waals surface area contributed by atoms with Crippen LogP contribution in [0.15, 0.2) is 133 Å². The van der Waals surface area contributed by atoms with Gasteiger partial charge in [-0.2, -0.15) is 23.1 Å². The smallest absolute Gasteiger partial charge is 0.309 e. The summed E-state index contributed by atoms with van der Waals surface area (Å²) < 4.78 is 49.0. The summed E-state index contributed by atoms with van der Waals surface area (Å²) in [6.07, 6.45) is -4.67. The summed E-state index contributed by atoms with van der Waals surface area (Å²) in [4.78, 5) is 14.6. The van der Waals surface area contributed by atoms with E-state index < -0.39 is 11.7 Å². The van der Waals surface area contributed by atoms with Crippen LogP contribution in [-0.4, -0.2) is 24.1 Å². The molecule has 0 N–H and O–H groups in total. The van der Waals surface area contributed by atoms with Crippen LogP contribution in [0.3, 0.4) is 0 Å². The number of rotatable bonds is 4. The molecule has 0 saturated heterocycles. The van der Waals surface area contributed by atoms with Crippen molar-refractivity contribution in [2.24, 2.45) is 0 Å². The zero-order chi connectivity index (χ0) is 34.1. The molecule has 0 aliphatic heterocycles. The fraction of sp³-hybridized carbons (Fsp3) is 0.0714. The first-order chi connectivity index (χ1) is 24.2. The number of para-hydroxylation sites is 2. The predicted molar refractivity (Wildman–Crippen MR) is 194 cm³/mol. The Morgan fingerprint density at radius 3 is 1.56 bits per heavy atom. The Kier molecular flexibility index (Phi) is 6.64. The van der Waals surface area contributed by atoms with Gasteiger partial charge in [0.15, 0.2) is 11.6 Å². The van der Waals surface area contributed by atoms with Crippen LogP contribution < -0.4 is 0 Å². The van der Waals surface area contributed by atoms with Crippen molar-refractivity contribution >= 4 is 43.6 Å². The number of halogens is 3. The Morgan fingerprint density at radius 1 is 0.460 bits per heavy atom. The molecule has 6 aromatic carbocycles. The molecule has 0 bridgehead atoms. The lowest BCUT2D eigenvalue weighted by Crippen LogP contribution is -2.12. The minimum atomic E-state index is -4.67. The van der Waals surface area contributed by atoms with Gasteiger partial charge in [0.1, 0.15) is 0 Å². The van der Waals surface area contributed by atoms with Crippen LogP contribution in [0, 0.1) is 13.8 Å². The topological polar surface area (TPSA) is 48.5 Å². The zero-order valence-electron chi connectivity index (χ0n) is 27.1. The van der Waals surface area contributed by atoms with Gasteiger partial charge in [-0.15, -0.1) is 0 Å². The Morgan fingerprint density at radius 2 is 0.980 bits per heavy atom. The Labute approximate surface area is 284 Å². The SMILES string of the molecule is Cc1ccc2c(c1)c1cc(C)ccc1n2-c1nc(-c2ccccc2)nc(-c2ccc(-n3c4ccccc4c4ccccc43)c(C(F)(F)F)c2)n1. The molecule has 3 heterocycles. The van der Waals surface area contributed by atoms with E-state index in [0.717, 1.165) is 55.3 Å². The van der Waals surface area contributed by atoms with E-state index in [-0.39, 0.29) is 17.1 Å². The Bertz CT molecular complexity index is 2660. The highest BCUT2D eigenvalue weighted by molar-refractivity contribution is 6.10. The first-order valence-electron chi connectivity index (χ1n) is 16.3. The molecular weight excluding hydrogens is 631 g/mol. The summed E-state index contributed by atoms with van der Waals surface area (Å²) in [6, 6.07) is 41.2. The summed E-state index contributed by atoms with van der Waals surface area (Å²) in [5.74, 6) is 0.823. The van der Waals surface area contributed by atoms with Gasteiger partial charge in [0.2, 0.25) is 5.95 Å². The molecule has 242 valence electrons. The van der Waals surface area contributed by atoms with Crippen molar-refractivity contribution in [3.05, 3.63) is 150 Å². The number of fused-ring (bicyclic) bond motifs is 6. The van der Waals surface area contributed by atoms with Crippen molar-refractivity contribution in [1.29, 1.82) is 0 Å². The first kappa shape index (κ1) is 29.8. The van der Waals surface area contributed by atoms with E-state index in [1.165, 1.54) is 6.07 Å². The third-order valence-corrected chi connectivity index (χ3v) is 9.31. The lowest BCUT2D eigenvalue weighted by Gasteiger charge is -2.17. The molecule has 0 saturated carbocycles. The molecule has 0 amide bonds. The minimum absolute atomic E-state index is 0.0318. The van der Waals surface area contributed by atoms with Crippen LogP contribution in [0.2, 0.25) is 0 Å². The maximum Gasteiger partial charge on any atom is 0.418 e. The average molecular weight is 660 g/mol. The van der Waals surface area contributed by atoms with Gasteiger partial charge in [0.25, 0.3) is 0 Å². The van der Waals surface area contributed by atoms with Gasteiger partial charge in [0.05, 0.1) is 33.3 Å². The van der Waals surface area contributed by atoms with Crippen LogP contribution in [0.5, 0.6) is 0 Å². The van der Waals surface area contributed by atoms with Crippen LogP contribution in [0.1, 0.15) is 16.7 Å². The van der Waals surface area contributed by atoms with Gasteiger partial charge >= 0.3 is 6.18 Å². The molecule has 0 aliphatic rings. The molecule has 8 heteroatoms. The second-order valence-electron chi connectivity index (χ2n) is 12.6.